The third-order valence-electron chi connectivity index (χ3n) is 5.04. The Kier molecular flexibility index (Phi) is 3.48. The van der Waals surface area contributed by atoms with Gasteiger partial charge in [0.1, 0.15) is 5.52 Å². The van der Waals surface area contributed by atoms with Crippen LogP contribution < -0.4 is 0 Å². The van der Waals surface area contributed by atoms with Gasteiger partial charge in [0.05, 0.1) is 5.69 Å². The molecule has 1 saturated carbocycles. The zero-order chi connectivity index (χ0) is 14.4. The minimum atomic E-state index is 0.516. The van der Waals surface area contributed by atoms with Crippen molar-refractivity contribution in [2.75, 3.05) is 0 Å². The number of fused-ring (bicyclic) bond motifs is 1. The molecular formula is C15H24N4S. The number of rotatable bonds is 2. The normalized spacial score (nSPS) is 27.3. The maximum absolute atomic E-state index is 5.59. The molecule has 0 amide bonds. The molecule has 0 bridgehead atoms. The fourth-order valence-electron chi connectivity index (χ4n) is 3.58. The average molecular weight is 292 g/mol. The molecule has 0 radical (unpaired) electrons. The molecule has 3 unspecified atom stereocenters. The van der Waals surface area contributed by atoms with Gasteiger partial charge in [0.15, 0.2) is 10.4 Å². The molecule has 2 heterocycles. The van der Waals surface area contributed by atoms with Crippen LogP contribution >= 0.6 is 12.2 Å². The maximum Gasteiger partial charge on any atom is 0.179 e. The highest BCUT2D eigenvalue weighted by Crippen LogP contribution is 2.38. The minimum Gasteiger partial charge on any atom is -0.328 e. The fourth-order valence-corrected chi connectivity index (χ4v) is 3.91. The number of nitrogens with zero attached hydrogens (tertiary/aromatic N) is 3. The molecule has 5 heteroatoms. The second-order valence-electron chi connectivity index (χ2n) is 6.34. The minimum absolute atomic E-state index is 0.516. The second kappa shape index (κ2) is 5.02. The van der Waals surface area contributed by atoms with Crippen molar-refractivity contribution >= 4 is 23.4 Å². The number of imidazole rings is 1. The number of aromatic amines is 1. The van der Waals surface area contributed by atoms with E-state index >= 15 is 0 Å². The summed E-state index contributed by atoms with van der Waals surface area (Å²) in [6, 6.07) is 0.516. The summed E-state index contributed by atoms with van der Waals surface area (Å²) in [6.07, 6.45) is 4.66. The summed E-state index contributed by atoms with van der Waals surface area (Å²) in [5.41, 5.74) is 3.41. The summed E-state index contributed by atoms with van der Waals surface area (Å²) in [6.45, 7) is 6.87. The van der Waals surface area contributed by atoms with Crippen LogP contribution in [-0.4, -0.2) is 19.3 Å². The largest absolute Gasteiger partial charge is 0.328 e. The summed E-state index contributed by atoms with van der Waals surface area (Å²) in [7, 11) is 2.02. The van der Waals surface area contributed by atoms with Crippen molar-refractivity contribution in [3.8, 4) is 0 Å². The van der Waals surface area contributed by atoms with E-state index in [4.69, 9.17) is 12.2 Å². The van der Waals surface area contributed by atoms with Gasteiger partial charge in [-0.05, 0) is 49.7 Å². The number of aromatic nitrogens is 4. The molecule has 1 N–H and O–H groups in total. The monoisotopic (exact) mass is 292 g/mol. The quantitative estimate of drug-likeness (QED) is 0.850. The van der Waals surface area contributed by atoms with Gasteiger partial charge in [-0.2, -0.15) is 5.10 Å². The summed E-state index contributed by atoms with van der Waals surface area (Å²) >= 11 is 5.59. The van der Waals surface area contributed by atoms with Crippen LogP contribution in [0.15, 0.2) is 0 Å². The molecule has 20 heavy (non-hydrogen) atoms. The molecule has 4 nitrogen and oxygen atoms in total. The Morgan fingerprint density at radius 1 is 1.30 bits per heavy atom. The predicted molar refractivity (Wildman–Crippen MR) is 84.5 cm³/mol. The molecule has 1 fully saturated rings. The van der Waals surface area contributed by atoms with Gasteiger partial charge in [-0.15, -0.1) is 0 Å². The van der Waals surface area contributed by atoms with Gasteiger partial charge in [-0.3, -0.25) is 9.25 Å². The molecule has 1 aliphatic rings. The van der Waals surface area contributed by atoms with Crippen LogP contribution in [-0.2, 0) is 13.5 Å². The first-order valence-corrected chi connectivity index (χ1v) is 8.09. The van der Waals surface area contributed by atoms with Crippen molar-refractivity contribution in [3.63, 3.8) is 0 Å². The van der Waals surface area contributed by atoms with Crippen molar-refractivity contribution in [1.29, 1.82) is 0 Å². The molecule has 110 valence electrons. The molecule has 0 aliphatic heterocycles. The SMILES string of the molecule is CCc1nn(C)c2c1[nH]c(=S)n2C1CCC(C)C(C)C1. The van der Waals surface area contributed by atoms with E-state index in [1.54, 1.807) is 0 Å². The molecule has 0 saturated heterocycles. The van der Waals surface area contributed by atoms with Gasteiger partial charge in [-0.25, -0.2) is 0 Å². The molecular weight excluding hydrogens is 268 g/mol. The van der Waals surface area contributed by atoms with Crippen molar-refractivity contribution in [1.82, 2.24) is 19.3 Å². The van der Waals surface area contributed by atoms with Crippen LogP contribution in [0.5, 0.6) is 0 Å². The van der Waals surface area contributed by atoms with Crippen LogP contribution in [0.25, 0.3) is 11.2 Å². The van der Waals surface area contributed by atoms with E-state index in [2.05, 4.69) is 35.4 Å². The van der Waals surface area contributed by atoms with Gasteiger partial charge >= 0.3 is 0 Å². The standard InChI is InChI=1S/C15H24N4S/c1-5-12-13-14(18(4)17-12)19(15(20)16-13)11-7-6-9(2)10(3)8-11/h9-11H,5-8H2,1-4H3,(H,16,20). The Balaban J connectivity index is 2.10. The zero-order valence-electron chi connectivity index (χ0n) is 12.8. The van der Waals surface area contributed by atoms with E-state index in [1.807, 2.05) is 11.7 Å². The molecule has 1 aliphatic carbocycles. The topological polar surface area (TPSA) is 38.5 Å². The van der Waals surface area contributed by atoms with Crippen LogP contribution in [0.3, 0.4) is 0 Å². The van der Waals surface area contributed by atoms with E-state index in [9.17, 15) is 0 Å². The average Bonchev–Trinajstić information content (AvgIpc) is 2.90. The van der Waals surface area contributed by atoms with Gasteiger partial charge in [0, 0.05) is 13.1 Å². The Morgan fingerprint density at radius 2 is 2.05 bits per heavy atom. The Morgan fingerprint density at radius 3 is 2.70 bits per heavy atom. The first kappa shape index (κ1) is 13.9. The van der Waals surface area contributed by atoms with Gasteiger partial charge in [-0.1, -0.05) is 20.8 Å². The Bertz CT molecular complexity index is 678. The smallest absolute Gasteiger partial charge is 0.179 e. The second-order valence-corrected chi connectivity index (χ2v) is 6.73. The molecule has 2 aromatic heterocycles. The van der Waals surface area contributed by atoms with Gasteiger partial charge < -0.3 is 4.98 Å². The maximum atomic E-state index is 5.59. The van der Waals surface area contributed by atoms with Crippen LogP contribution in [0, 0.1) is 16.6 Å². The summed E-state index contributed by atoms with van der Waals surface area (Å²) in [5.74, 6) is 1.59. The molecule has 0 aromatic carbocycles. The third kappa shape index (κ3) is 2.03. The third-order valence-corrected chi connectivity index (χ3v) is 5.34. The van der Waals surface area contributed by atoms with E-state index in [0.29, 0.717) is 6.04 Å². The highest BCUT2D eigenvalue weighted by atomic mass is 32.1. The lowest BCUT2D eigenvalue weighted by atomic mass is 9.79. The highest BCUT2D eigenvalue weighted by Gasteiger charge is 2.28. The first-order chi connectivity index (χ1) is 9.52. The first-order valence-electron chi connectivity index (χ1n) is 7.69. The highest BCUT2D eigenvalue weighted by molar-refractivity contribution is 7.71. The number of hydrogen-bond acceptors (Lipinski definition) is 2. The van der Waals surface area contributed by atoms with Crippen LogP contribution in [0.4, 0.5) is 0 Å². The number of nitrogens with one attached hydrogen (secondary N) is 1. The van der Waals surface area contributed by atoms with E-state index in [1.165, 1.54) is 24.9 Å². The fraction of sp³-hybridized carbons (Fsp3) is 0.733. The number of aryl methyl sites for hydroxylation is 2. The molecule has 0 spiro atoms. The summed E-state index contributed by atoms with van der Waals surface area (Å²) < 4.78 is 5.16. The van der Waals surface area contributed by atoms with Crippen molar-refractivity contribution < 1.29 is 0 Å². The number of hydrogen-bond donors (Lipinski definition) is 1. The molecule has 3 rings (SSSR count). The van der Waals surface area contributed by atoms with E-state index in [0.717, 1.165) is 34.2 Å². The lowest BCUT2D eigenvalue weighted by Gasteiger charge is -2.33. The van der Waals surface area contributed by atoms with Gasteiger partial charge in [0.2, 0.25) is 0 Å². The van der Waals surface area contributed by atoms with E-state index < -0.39 is 0 Å². The lowest BCUT2D eigenvalue weighted by Crippen LogP contribution is -2.24. The Hall–Kier alpha value is -1.10. The molecule has 3 atom stereocenters. The predicted octanol–water partition coefficient (Wildman–Crippen LogP) is 3.99. The van der Waals surface area contributed by atoms with Gasteiger partial charge in [0.25, 0.3) is 0 Å². The van der Waals surface area contributed by atoms with Crippen molar-refractivity contribution in [2.24, 2.45) is 18.9 Å². The van der Waals surface area contributed by atoms with Crippen molar-refractivity contribution in [2.45, 2.75) is 52.5 Å². The molecule has 2 aromatic rings. The van der Waals surface area contributed by atoms with Crippen LogP contribution in [0.2, 0.25) is 0 Å². The number of H-pyrrole nitrogens is 1. The summed E-state index contributed by atoms with van der Waals surface area (Å²) in [4.78, 5) is 3.39. The Labute approximate surface area is 125 Å². The van der Waals surface area contributed by atoms with Crippen LogP contribution in [0.1, 0.15) is 51.8 Å². The lowest BCUT2D eigenvalue weighted by molar-refractivity contribution is 0.211. The summed E-state index contributed by atoms with van der Waals surface area (Å²) in [5, 5.41) is 4.62. The van der Waals surface area contributed by atoms with Crippen molar-refractivity contribution in [3.05, 3.63) is 10.5 Å². The van der Waals surface area contributed by atoms with E-state index in [-0.39, 0.29) is 0 Å². The zero-order valence-corrected chi connectivity index (χ0v) is 13.6.